The number of phenolic OH excluding ortho intramolecular Hbond substituents is 1. The summed E-state index contributed by atoms with van der Waals surface area (Å²) >= 11 is 0. The summed E-state index contributed by atoms with van der Waals surface area (Å²) in [6.45, 7) is 9.58. The molecule has 0 aliphatic heterocycles. The Morgan fingerprint density at radius 1 is 0.974 bits per heavy atom. The molecule has 2 aromatic rings. The lowest BCUT2D eigenvalue weighted by Crippen LogP contribution is -2.56. The number of likely N-dealkylation sites (N-methyl/N-ethyl adjacent to an activating group) is 2. The molecule has 206 valence electrons. The highest BCUT2D eigenvalue weighted by atomic mass is 19.1. The van der Waals surface area contributed by atoms with Gasteiger partial charge >= 0.3 is 0 Å². The van der Waals surface area contributed by atoms with Gasteiger partial charge < -0.3 is 26.4 Å². The predicted molar refractivity (Wildman–Crippen MR) is 146 cm³/mol. The van der Waals surface area contributed by atoms with E-state index >= 15 is 0 Å². The molecule has 5 N–H and O–H groups in total. The van der Waals surface area contributed by atoms with E-state index in [1.807, 2.05) is 20.8 Å². The summed E-state index contributed by atoms with van der Waals surface area (Å²) in [6, 6.07) is 7.80. The molecule has 0 aromatic heterocycles. The Morgan fingerprint density at radius 2 is 1.53 bits per heavy atom. The Bertz CT molecular complexity index is 1160. The average molecular weight is 527 g/mol. The second kappa shape index (κ2) is 12.7. The molecule has 2 aromatic carbocycles. The molecule has 0 heterocycles. The summed E-state index contributed by atoms with van der Waals surface area (Å²) in [4.78, 5) is 41.6. The minimum Gasteiger partial charge on any atom is -0.508 e. The van der Waals surface area contributed by atoms with Crippen LogP contribution in [0.15, 0.2) is 55.1 Å². The Balaban J connectivity index is 2.25. The standard InChI is InChI=1S/C29H39FN4O4/c1-7-8-23(33(5)27(37)22(31)16-18-9-12-20(30)13-10-18)28(38)34(6)24(26(32)36)17-19-11-14-25(35)21(15-19)29(2,3)4/h7,9-15,22-24,35H,1,8,16-17,31H2,2-6H3,(H2,32,36)/t22-,23-,24-/m0/s1. The minimum atomic E-state index is -0.997. The number of carbonyl (C=O) groups excluding carboxylic acids is 3. The number of aromatic hydroxyl groups is 1. The molecule has 0 radical (unpaired) electrons. The van der Waals surface area contributed by atoms with E-state index in [4.69, 9.17) is 11.5 Å². The van der Waals surface area contributed by atoms with E-state index in [0.29, 0.717) is 11.1 Å². The lowest BCUT2D eigenvalue weighted by atomic mass is 9.84. The van der Waals surface area contributed by atoms with Gasteiger partial charge in [0.1, 0.15) is 23.7 Å². The first-order chi connectivity index (χ1) is 17.7. The molecule has 0 bridgehead atoms. The van der Waals surface area contributed by atoms with Crippen LogP contribution in [0.5, 0.6) is 5.75 Å². The van der Waals surface area contributed by atoms with Gasteiger partial charge in [-0.3, -0.25) is 14.4 Å². The fraction of sp³-hybridized carbons (Fsp3) is 0.414. The molecule has 3 atom stereocenters. The number of hydrogen-bond acceptors (Lipinski definition) is 5. The van der Waals surface area contributed by atoms with E-state index in [0.717, 1.165) is 5.56 Å². The van der Waals surface area contributed by atoms with Crippen molar-refractivity contribution in [2.75, 3.05) is 14.1 Å². The highest BCUT2D eigenvalue weighted by molar-refractivity contribution is 5.92. The topological polar surface area (TPSA) is 130 Å². The van der Waals surface area contributed by atoms with E-state index in [1.54, 1.807) is 30.3 Å². The van der Waals surface area contributed by atoms with Crippen LogP contribution < -0.4 is 11.5 Å². The van der Waals surface area contributed by atoms with Crippen LogP contribution in [-0.2, 0) is 32.6 Å². The molecule has 0 spiro atoms. The zero-order chi connectivity index (χ0) is 28.8. The lowest BCUT2D eigenvalue weighted by Gasteiger charge is -2.34. The van der Waals surface area contributed by atoms with Gasteiger partial charge in [-0.1, -0.05) is 51.1 Å². The molecule has 2 rings (SSSR count). The van der Waals surface area contributed by atoms with Gasteiger partial charge in [0.05, 0.1) is 6.04 Å². The number of primary amides is 1. The molecule has 38 heavy (non-hydrogen) atoms. The zero-order valence-electron chi connectivity index (χ0n) is 22.8. The van der Waals surface area contributed by atoms with Gasteiger partial charge in [-0.05, 0) is 53.1 Å². The van der Waals surface area contributed by atoms with Gasteiger partial charge in [-0.25, -0.2) is 4.39 Å². The summed E-state index contributed by atoms with van der Waals surface area (Å²) in [7, 11) is 2.94. The molecule has 9 heteroatoms. The van der Waals surface area contributed by atoms with E-state index in [1.165, 1.54) is 42.1 Å². The molecule has 0 saturated carbocycles. The van der Waals surface area contributed by atoms with Crippen LogP contribution in [0.3, 0.4) is 0 Å². The van der Waals surface area contributed by atoms with Gasteiger partial charge in [0.2, 0.25) is 17.7 Å². The number of benzene rings is 2. The smallest absolute Gasteiger partial charge is 0.246 e. The van der Waals surface area contributed by atoms with Crippen molar-refractivity contribution in [3.63, 3.8) is 0 Å². The highest BCUT2D eigenvalue weighted by Gasteiger charge is 2.35. The number of phenols is 1. The third kappa shape index (κ3) is 7.64. The maximum absolute atomic E-state index is 13.6. The molecule has 0 fully saturated rings. The van der Waals surface area contributed by atoms with Crippen molar-refractivity contribution < 1.29 is 23.9 Å². The van der Waals surface area contributed by atoms with Crippen LogP contribution >= 0.6 is 0 Å². The van der Waals surface area contributed by atoms with Gasteiger partial charge in [-0.15, -0.1) is 6.58 Å². The molecule has 0 saturated heterocycles. The van der Waals surface area contributed by atoms with E-state index in [2.05, 4.69) is 6.58 Å². The fourth-order valence-electron chi connectivity index (χ4n) is 4.31. The van der Waals surface area contributed by atoms with Crippen LogP contribution in [0.2, 0.25) is 0 Å². The Labute approximate surface area is 224 Å². The SMILES string of the molecule is C=CC[C@@H](C(=O)N(C)[C@@H](Cc1ccc(O)c(C(C)(C)C)c1)C(N)=O)N(C)C(=O)[C@@H](N)Cc1ccc(F)cc1. The van der Waals surface area contributed by atoms with Gasteiger partial charge in [-0.2, -0.15) is 0 Å². The van der Waals surface area contributed by atoms with Gasteiger partial charge in [0.25, 0.3) is 0 Å². The van der Waals surface area contributed by atoms with Crippen molar-refractivity contribution in [3.8, 4) is 5.75 Å². The molecule has 3 amide bonds. The van der Waals surface area contributed by atoms with E-state index in [9.17, 15) is 23.9 Å². The number of hydrogen-bond donors (Lipinski definition) is 3. The van der Waals surface area contributed by atoms with Crippen LogP contribution in [-0.4, -0.2) is 64.8 Å². The van der Waals surface area contributed by atoms with Crippen molar-refractivity contribution in [2.24, 2.45) is 11.5 Å². The van der Waals surface area contributed by atoms with E-state index < -0.39 is 41.7 Å². The maximum atomic E-state index is 13.6. The molecular weight excluding hydrogens is 487 g/mol. The van der Waals surface area contributed by atoms with Crippen LogP contribution in [0.25, 0.3) is 0 Å². The Morgan fingerprint density at radius 3 is 2.05 bits per heavy atom. The summed E-state index contributed by atoms with van der Waals surface area (Å²) in [5, 5.41) is 10.3. The first kappa shape index (κ1) is 30.5. The van der Waals surface area contributed by atoms with Crippen LogP contribution in [0.1, 0.15) is 43.9 Å². The quantitative estimate of drug-likeness (QED) is 0.388. The Hall–Kier alpha value is -3.72. The second-order valence-corrected chi connectivity index (χ2v) is 10.6. The number of nitrogens with zero attached hydrogens (tertiary/aromatic N) is 2. The van der Waals surface area contributed by atoms with E-state index in [-0.39, 0.29) is 30.4 Å². The first-order valence-electron chi connectivity index (χ1n) is 12.4. The molecular formula is C29H39FN4O4. The van der Waals surface area contributed by atoms with Crippen LogP contribution in [0, 0.1) is 5.82 Å². The molecule has 0 aliphatic carbocycles. The molecule has 8 nitrogen and oxygen atoms in total. The van der Waals surface area contributed by atoms with Crippen molar-refractivity contribution in [2.45, 2.75) is 63.6 Å². The van der Waals surface area contributed by atoms with Gasteiger partial charge in [0.15, 0.2) is 0 Å². The Kier molecular flexibility index (Phi) is 10.2. The highest BCUT2D eigenvalue weighted by Crippen LogP contribution is 2.31. The lowest BCUT2D eigenvalue weighted by molar-refractivity contribution is -0.147. The number of rotatable bonds is 11. The predicted octanol–water partition coefficient (Wildman–Crippen LogP) is 2.66. The van der Waals surface area contributed by atoms with Crippen molar-refractivity contribution in [1.82, 2.24) is 9.80 Å². The summed E-state index contributed by atoms with van der Waals surface area (Å²) < 4.78 is 13.2. The first-order valence-corrected chi connectivity index (χ1v) is 12.4. The number of carbonyl (C=O) groups is 3. The van der Waals surface area contributed by atoms with Crippen molar-refractivity contribution >= 4 is 17.7 Å². The van der Waals surface area contributed by atoms with Gasteiger partial charge in [0, 0.05) is 20.5 Å². The number of nitrogens with two attached hydrogens (primary N) is 2. The molecule has 0 aliphatic rings. The van der Waals surface area contributed by atoms with Crippen molar-refractivity contribution in [3.05, 3.63) is 77.6 Å². The third-order valence-electron chi connectivity index (χ3n) is 6.62. The number of halogens is 1. The largest absolute Gasteiger partial charge is 0.508 e. The van der Waals surface area contributed by atoms with Crippen molar-refractivity contribution in [1.29, 1.82) is 0 Å². The monoisotopic (exact) mass is 526 g/mol. The minimum absolute atomic E-state index is 0.128. The van der Waals surface area contributed by atoms with Crippen LogP contribution in [0.4, 0.5) is 4.39 Å². The summed E-state index contributed by atoms with van der Waals surface area (Å²) in [5.41, 5.74) is 13.6. The summed E-state index contributed by atoms with van der Waals surface area (Å²) in [6.07, 6.45) is 1.94. The molecule has 0 unspecified atom stereocenters. The zero-order valence-corrected chi connectivity index (χ0v) is 22.8. The average Bonchev–Trinajstić information content (AvgIpc) is 2.85. The summed E-state index contributed by atoms with van der Waals surface area (Å²) in [5.74, 6) is -1.92. The fourth-order valence-corrected chi connectivity index (χ4v) is 4.31. The normalized spacial score (nSPS) is 13.8. The second-order valence-electron chi connectivity index (χ2n) is 10.6. The number of amides is 3. The third-order valence-corrected chi connectivity index (χ3v) is 6.62. The maximum Gasteiger partial charge on any atom is 0.246 e.